The minimum Gasteiger partial charge on any atom is -0.480 e. The molecule has 7 heteroatoms. The van der Waals surface area contributed by atoms with Crippen LogP contribution in [0.15, 0.2) is 0 Å². The SMILES string of the molecule is CCCN(CC(=O)O)C(=O)N1CC(C)C(C(=O)OC)C1. The molecule has 0 aromatic heterocycles. The van der Waals surface area contributed by atoms with Crippen molar-refractivity contribution >= 4 is 18.0 Å². The predicted molar refractivity (Wildman–Crippen MR) is 71.1 cm³/mol. The van der Waals surface area contributed by atoms with Crippen molar-refractivity contribution in [2.24, 2.45) is 11.8 Å². The summed E-state index contributed by atoms with van der Waals surface area (Å²) in [6.07, 6.45) is 0.683. The molecule has 1 aliphatic heterocycles. The second-order valence-electron chi connectivity index (χ2n) is 5.11. The summed E-state index contributed by atoms with van der Waals surface area (Å²) in [4.78, 5) is 37.5. The number of rotatable bonds is 5. The number of amides is 2. The van der Waals surface area contributed by atoms with Gasteiger partial charge in [0.1, 0.15) is 6.54 Å². The molecule has 1 heterocycles. The van der Waals surface area contributed by atoms with Crippen LogP contribution < -0.4 is 0 Å². The third-order valence-electron chi connectivity index (χ3n) is 3.48. The molecule has 1 aliphatic rings. The fraction of sp³-hybridized carbons (Fsp3) is 0.769. The minimum absolute atomic E-state index is 0.0136. The van der Waals surface area contributed by atoms with Gasteiger partial charge in [0, 0.05) is 19.6 Å². The number of ether oxygens (including phenoxy) is 1. The van der Waals surface area contributed by atoms with E-state index in [-0.39, 0.29) is 36.9 Å². The smallest absolute Gasteiger partial charge is 0.323 e. The Morgan fingerprint density at radius 2 is 2.00 bits per heavy atom. The number of esters is 1. The lowest BCUT2D eigenvalue weighted by Crippen LogP contribution is -2.45. The van der Waals surface area contributed by atoms with Crippen molar-refractivity contribution in [2.45, 2.75) is 20.3 Å². The molecule has 114 valence electrons. The molecular weight excluding hydrogens is 264 g/mol. The van der Waals surface area contributed by atoms with E-state index in [0.29, 0.717) is 19.5 Å². The molecule has 0 aromatic rings. The van der Waals surface area contributed by atoms with Crippen molar-refractivity contribution in [3.63, 3.8) is 0 Å². The number of carbonyl (C=O) groups is 3. The van der Waals surface area contributed by atoms with Gasteiger partial charge in [-0.05, 0) is 12.3 Å². The van der Waals surface area contributed by atoms with Crippen LogP contribution in [0.2, 0.25) is 0 Å². The topological polar surface area (TPSA) is 87.2 Å². The number of nitrogens with zero attached hydrogens (tertiary/aromatic N) is 2. The number of methoxy groups -OCH3 is 1. The van der Waals surface area contributed by atoms with Crippen LogP contribution in [0.25, 0.3) is 0 Å². The highest BCUT2D eigenvalue weighted by molar-refractivity contribution is 5.81. The van der Waals surface area contributed by atoms with Gasteiger partial charge in [-0.3, -0.25) is 9.59 Å². The van der Waals surface area contributed by atoms with Gasteiger partial charge in [0.15, 0.2) is 0 Å². The zero-order valence-corrected chi connectivity index (χ0v) is 12.2. The molecule has 2 atom stereocenters. The summed E-state index contributed by atoms with van der Waals surface area (Å²) in [7, 11) is 1.33. The molecule has 0 radical (unpaired) electrons. The highest BCUT2D eigenvalue weighted by Crippen LogP contribution is 2.25. The average Bonchev–Trinajstić information content (AvgIpc) is 2.78. The molecule has 1 rings (SSSR count). The molecule has 0 saturated carbocycles. The van der Waals surface area contributed by atoms with Crippen molar-refractivity contribution < 1.29 is 24.2 Å². The van der Waals surface area contributed by atoms with Gasteiger partial charge in [0.2, 0.25) is 0 Å². The first-order valence-electron chi connectivity index (χ1n) is 6.74. The van der Waals surface area contributed by atoms with E-state index < -0.39 is 5.97 Å². The Morgan fingerprint density at radius 3 is 2.50 bits per heavy atom. The number of carboxylic acid groups (broad SMARTS) is 1. The van der Waals surface area contributed by atoms with Gasteiger partial charge < -0.3 is 19.6 Å². The molecule has 7 nitrogen and oxygen atoms in total. The van der Waals surface area contributed by atoms with Gasteiger partial charge in [-0.25, -0.2) is 4.79 Å². The zero-order valence-electron chi connectivity index (χ0n) is 12.2. The van der Waals surface area contributed by atoms with Gasteiger partial charge in [-0.1, -0.05) is 13.8 Å². The Hall–Kier alpha value is -1.79. The standard InChI is InChI=1S/C13H22N2O5/c1-4-5-14(8-11(16)17)13(19)15-6-9(2)10(7-15)12(18)20-3/h9-10H,4-8H2,1-3H3,(H,16,17). The highest BCUT2D eigenvalue weighted by Gasteiger charge is 2.39. The molecule has 1 fully saturated rings. The largest absolute Gasteiger partial charge is 0.480 e. The van der Waals surface area contributed by atoms with E-state index in [1.165, 1.54) is 16.9 Å². The fourth-order valence-corrected chi connectivity index (χ4v) is 2.46. The molecule has 0 bridgehead atoms. The Bertz CT molecular complexity index is 385. The van der Waals surface area contributed by atoms with Crippen LogP contribution in [0.4, 0.5) is 4.79 Å². The number of carbonyl (C=O) groups excluding carboxylic acids is 2. The Kier molecular flexibility index (Phi) is 5.79. The maximum absolute atomic E-state index is 12.3. The molecule has 0 aliphatic carbocycles. The van der Waals surface area contributed by atoms with Crippen molar-refractivity contribution in [3.05, 3.63) is 0 Å². The molecule has 2 unspecified atom stereocenters. The third kappa shape index (κ3) is 3.85. The van der Waals surface area contributed by atoms with Crippen LogP contribution in [-0.2, 0) is 14.3 Å². The van der Waals surface area contributed by atoms with Gasteiger partial charge in [-0.15, -0.1) is 0 Å². The molecule has 1 saturated heterocycles. The minimum atomic E-state index is -1.04. The zero-order chi connectivity index (χ0) is 15.3. The van der Waals surface area contributed by atoms with Crippen LogP contribution in [0.3, 0.4) is 0 Å². The van der Waals surface area contributed by atoms with Gasteiger partial charge in [0.25, 0.3) is 0 Å². The number of hydrogen-bond donors (Lipinski definition) is 1. The second kappa shape index (κ2) is 7.12. The Balaban J connectivity index is 2.71. The van der Waals surface area contributed by atoms with E-state index in [0.717, 1.165) is 0 Å². The van der Waals surface area contributed by atoms with E-state index in [1.807, 2.05) is 13.8 Å². The van der Waals surface area contributed by atoms with Crippen molar-refractivity contribution in [3.8, 4) is 0 Å². The maximum Gasteiger partial charge on any atom is 0.323 e. The van der Waals surface area contributed by atoms with E-state index in [1.54, 1.807) is 0 Å². The number of likely N-dealkylation sites (tertiary alicyclic amines) is 1. The normalized spacial score (nSPS) is 21.6. The van der Waals surface area contributed by atoms with Crippen LogP contribution in [0.5, 0.6) is 0 Å². The molecule has 20 heavy (non-hydrogen) atoms. The molecule has 2 amide bonds. The van der Waals surface area contributed by atoms with E-state index in [9.17, 15) is 14.4 Å². The highest BCUT2D eigenvalue weighted by atomic mass is 16.5. The van der Waals surface area contributed by atoms with Crippen LogP contribution in [0, 0.1) is 11.8 Å². The third-order valence-corrected chi connectivity index (χ3v) is 3.48. The summed E-state index contributed by atoms with van der Waals surface area (Å²) in [5.74, 6) is -1.69. The summed E-state index contributed by atoms with van der Waals surface area (Å²) in [5, 5.41) is 8.85. The lowest BCUT2D eigenvalue weighted by molar-refractivity contribution is -0.146. The lowest BCUT2D eigenvalue weighted by Gasteiger charge is -2.26. The quantitative estimate of drug-likeness (QED) is 0.750. The Labute approximate surface area is 118 Å². The summed E-state index contributed by atoms with van der Waals surface area (Å²) < 4.78 is 4.72. The summed E-state index contributed by atoms with van der Waals surface area (Å²) >= 11 is 0. The first-order valence-corrected chi connectivity index (χ1v) is 6.74. The van der Waals surface area contributed by atoms with E-state index in [4.69, 9.17) is 9.84 Å². The van der Waals surface area contributed by atoms with Crippen molar-refractivity contribution in [1.82, 2.24) is 9.80 Å². The summed E-state index contributed by atoms with van der Waals surface area (Å²) in [6, 6.07) is -0.326. The Morgan fingerprint density at radius 1 is 1.35 bits per heavy atom. The predicted octanol–water partition coefficient (Wildman–Crippen LogP) is 0.644. The summed E-state index contributed by atoms with van der Waals surface area (Å²) in [6.45, 7) is 4.56. The average molecular weight is 286 g/mol. The maximum atomic E-state index is 12.3. The number of urea groups is 1. The van der Waals surface area contributed by atoms with Crippen LogP contribution in [-0.4, -0.2) is 66.2 Å². The molecular formula is C13H22N2O5. The van der Waals surface area contributed by atoms with E-state index >= 15 is 0 Å². The van der Waals surface area contributed by atoms with Crippen LogP contribution >= 0.6 is 0 Å². The van der Waals surface area contributed by atoms with Crippen molar-refractivity contribution in [2.75, 3.05) is 33.3 Å². The van der Waals surface area contributed by atoms with Gasteiger partial charge in [0.05, 0.1) is 13.0 Å². The fourth-order valence-electron chi connectivity index (χ4n) is 2.46. The van der Waals surface area contributed by atoms with Gasteiger partial charge >= 0.3 is 18.0 Å². The van der Waals surface area contributed by atoms with Gasteiger partial charge in [-0.2, -0.15) is 0 Å². The lowest BCUT2D eigenvalue weighted by atomic mass is 9.99. The molecule has 1 N–H and O–H groups in total. The second-order valence-corrected chi connectivity index (χ2v) is 5.11. The first kappa shape index (κ1) is 16.3. The number of carboxylic acids is 1. The molecule has 0 spiro atoms. The number of hydrogen-bond acceptors (Lipinski definition) is 4. The van der Waals surface area contributed by atoms with Crippen molar-refractivity contribution in [1.29, 1.82) is 0 Å². The van der Waals surface area contributed by atoms with Crippen LogP contribution in [0.1, 0.15) is 20.3 Å². The summed E-state index contributed by atoms with van der Waals surface area (Å²) in [5.41, 5.74) is 0. The van der Waals surface area contributed by atoms with E-state index in [2.05, 4.69) is 0 Å². The first-order chi connectivity index (χ1) is 9.40. The monoisotopic (exact) mass is 286 g/mol. The molecule has 0 aromatic carbocycles. The number of aliphatic carboxylic acids is 1.